The fraction of sp³-hybridized carbons (Fsp3) is 0.417. The Morgan fingerprint density at radius 1 is 1.56 bits per heavy atom. The molecule has 16 heavy (non-hydrogen) atoms. The summed E-state index contributed by atoms with van der Waals surface area (Å²) >= 11 is 0. The second kappa shape index (κ2) is 4.99. The molecular formula is C12H15NO3. The van der Waals surface area contributed by atoms with Gasteiger partial charge in [0.15, 0.2) is 6.10 Å². The van der Waals surface area contributed by atoms with Crippen molar-refractivity contribution >= 4 is 11.5 Å². The lowest BCUT2D eigenvalue weighted by Gasteiger charge is -2.26. The van der Waals surface area contributed by atoms with E-state index in [-0.39, 0.29) is 12.4 Å². The van der Waals surface area contributed by atoms with Crippen LogP contribution < -0.4 is 10.1 Å². The molecule has 86 valence electrons. The van der Waals surface area contributed by atoms with Crippen molar-refractivity contribution in [1.82, 2.24) is 0 Å². The van der Waals surface area contributed by atoms with Crippen molar-refractivity contribution in [1.29, 1.82) is 0 Å². The molecular weight excluding hydrogens is 206 g/mol. The third-order valence-electron chi connectivity index (χ3n) is 2.44. The lowest BCUT2D eigenvalue weighted by atomic mass is 10.2. The number of para-hydroxylation sites is 2. The van der Waals surface area contributed by atoms with E-state index in [1.165, 1.54) is 0 Å². The number of anilines is 1. The van der Waals surface area contributed by atoms with Crippen LogP contribution in [-0.4, -0.2) is 31.6 Å². The molecule has 0 fully saturated rings. The van der Waals surface area contributed by atoms with E-state index in [4.69, 9.17) is 9.47 Å². The van der Waals surface area contributed by atoms with Gasteiger partial charge in [-0.05, 0) is 19.1 Å². The fourth-order valence-corrected chi connectivity index (χ4v) is 1.59. The summed E-state index contributed by atoms with van der Waals surface area (Å²) in [7, 11) is 0. The van der Waals surface area contributed by atoms with E-state index < -0.39 is 6.10 Å². The molecule has 0 amide bonds. The minimum absolute atomic E-state index is 0.0242. The summed E-state index contributed by atoms with van der Waals surface area (Å²) in [5.41, 5.74) is 0.933. The second-order valence-electron chi connectivity index (χ2n) is 3.59. The number of ether oxygens (including phenoxy) is 2. The number of fused-ring (bicyclic) bond motifs is 1. The third kappa shape index (κ3) is 2.33. The van der Waals surface area contributed by atoms with Gasteiger partial charge in [0.05, 0.1) is 12.2 Å². The number of nitrogens with one attached hydrogen (secondary N) is 1. The van der Waals surface area contributed by atoms with Gasteiger partial charge >= 0.3 is 0 Å². The minimum Gasteiger partial charge on any atom is -0.479 e. The third-order valence-corrected chi connectivity index (χ3v) is 2.44. The van der Waals surface area contributed by atoms with E-state index in [1.807, 2.05) is 31.2 Å². The Kier molecular flexibility index (Phi) is 3.41. The Labute approximate surface area is 94.6 Å². The highest BCUT2D eigenvalue weighted by atomic mass is 16.5. The predicted molar refractivity (Wildman–Crippen MR) is 60.8 cm³/mol. The smallest absolute Gasteiger partial charge is 0.200 e. The van der Waals surface area contributed by atoms with E-state index in [1.54, 1.807) is 0 Å². The number of benzene rings is 1. The fourth-order valence-electron chi connectivity index (χ4n) is 1.59. The second-order valence-corrected chi connectivity index (χ2v) is 3.59. The predicted octanol–water partition coefficient (Wildman–Crippen LogP) is 1.47. The van der Waals surface area contributed by atoms with Gasteiger partial charge in [-0.15, -0.1) is 0 Å². The van der Waals surface area contributed by atoms with Gasteiger partial charge in [-0.1, -0.05) is 12.1 Å². The van der Waals surface area contributed by atoms with Crippen LogP contribution in [0.25, 0.3) is 0 Å². The highest BCUT2D eigenvalue weighted by Gasteiger charge is 2.25. The van der Waals surface area contributed by atoms with Crippen molar-refractivity contribution in [2.24, 2.45) is 0 Å². The molecule has 1 heterocycles. The zero-order chi connectivity index (χ0) is 11.4. The number of ketones is 1. The van der Waals surface area contributed by atoms with Crippen LogP contribution in [0.3, 0.4) is 0 Å². The van der Waals surface area contributed by atoms with Crippen molar-refractivity contribution in [3.63, 3.8) is 0 Å². The van der Waals surface area contributed by atoms with Gasteiger partial charge in [-0.3, -0.25) is 4.79 Å². The van der Waals surface area contributed by atoms with Gasteiger partial charge in [0, 0.05) is 6.61 Å². The SMILES string of the molecule is CCOCC(=O)C1CNc2ccccc2O1. The largest absolute Gasteiger partial charge is 0.479 e. The molecule has 4 heteroatoms. The first-order valence-corrected chi connectivity index (χ1v) is 5.41. The summed E-state index contributed by atoms with van der Waals surface area (Å²) in [6.07, 6.45) is -0.443. The van der Waals surface area contributed by atoms with Crippen LogP contribution >= 0.6 is 0 Å². The quantitative estimate of drug-likeness (QED) is 0.836. The normalized spacial score (nSPS) is 18.2. The molecule has 1 aromatic carbocycles. The van der Waals surface area contributed by atoms with E-state index in [0.717, 1.165) is 11.4 Å². The van der Waals surface area contributed by atoms with E-state index in [9.17, 15) is 4.79 Å². The van der Waals surface area contributed by atoms with E-state index in [0.29, 0.717) is 13.2 Å². The zero-order valence-electron chi connectivity index (χ0n) is 9.23. The molecule has 1 unspecified atom stereocenters. The molecule has 1 atom stereocenters. The zero-order valence-corrected chi connectivity index (χ0v) is 9.23. The van der Waals surface area contributed by atoms with Crippen molar-refractivity contribution in [2.75, 3.05) is 25.1 Å². The average molecular weight is 221 g/mol. The molecule has 4 nitrogen and oxygen atoms in total. The van der Waals surface area contributed by atoms with Crippen LogP contribution in [0.2, 0.25) is 0 Å². The molecule has 1 aliphatic heterocycles. The molecule has 1 aromatic rings. The summed E-state index contributed by atoms with van der Waals surface area (Å²) in [6, 6.07) is 7.59. The van der Waals surface area contributed by atoms with Crippen LogP contribution in [0.15, 0.2) is 24.3 Å². The molecule has 1 aliphatic rings. The summed E-state index contributed by atoms with van der Waals surface area (Å²) in [5, 5.41) is 3.17. The van der Waals surface area contributed by atoms with Crippen LogP contribution in [-0.2, 0) is 9.53 Å². The first kappa shape index (κ1) is 11.0. The van der Waals surface area contributed by atoms with Crippen LogP contribution in [0.4, 0.5) is 5.69 Å². The highest BCUT2D eigenvalue weighted by molar-refractivity contribution is 5.86. The molecule has 0 saturated carbocycles. The van der Waals surface area contributed by atoms with Crippen molar-refractivity contribution in [3.05, 3.63) is 24.3 Å². The number of carbonyl (C=O) groups is 1. The molecule has 0 spiro atoms. The van der Waals surface area contributed by atoms with Gasteiger partial charge in [0.25, 0.3) is 0 Å². The summed E-state index contributed by atoms with van der Waals surface area (Å²) in [6.45, 7) is 3.03. The summed E-state index contributed by atoms with van der Waals surface area (Å²) in [5.74, 6) is 0.701. The maximum Gasteiger partial charge on any atom is 0.200 e. The number of hydrogen-bond acceptors (Lipinski definition) is 4. The Morgan fingerprint density at radius 3 is 3.19 bits per heavy atom. The maximum absolute atomic E-state index is 11.7. The summed E-state index contributed by atoms with van der Waals surface area (Å²) in [4.78, 5) is 11.7. The molecule has 2 rings (SSSR count). The van der Waals surface area contributed by atoms with Crippen molar-refractivity contribution < 1.29 is 14.3 Å². The van der Waals surface area contributed by atoms with Crippen molar-refractivity contribution in [3.8, 4) is 5.75 Å². The Hall–Kier alpha value is -1.55. The lowest BCUT2D eigenvalue weighted by Crippen LogP contribution is -2.39. The minimum atomic E-state index is -0.443. The van der Waals surface area contributed by atoms with Gasteiger partial charge < -0.3 is 14.8 Å². The number of carbonyl (C=O) groups excluding carboxylic acids is 1. The van der Waals surface area contributed by atoms with Gasteiger partial charge in [-0.25, -0.2) is 0 Å². The standard InChI is InChI=1S/C12H15NO3/c1-2-15-8-10(14)12-7-13-9-5-3-4-6-11(9)16-12/h3-6,12-13H,2,7-8H2,1H3. The van der Waals surface area contributed by atoms with E-state index >= 15 is 0 Å². The van der Waals surface area contributed by atoms with Crippen LogP contribution in [0.5, 0.6) is 5.75 Å². The summed E-state index contributed by atoms with van der Waals surface area (Å²) < 4.78 is 10.7. The monoisotopic (exact) mass is 221 g/mol. The van der Waals surface area contributed by atoms with Gasteiger partial charge in [0.1, 0.15) is 12.4 Å². The first-order chi connectivity index (χ1) is 7.81. The van der Waals surface area contributed by atoms with Crippen LogP contribution in [0, 0.1) is 0 Å². The molecule has 1 N–H and O–H groups in total. The van der Waals surface area contributed by atoms with Gasteiger partial charge in [0.2, 0.25) is 5.78 Å². The molecule has 0 bridgehead atoms. The Bertz CT molecular complexity index is 378. The molecule has 0 aliphatic carbocycles. The maximum atomic E-state index is 11.7. The molecule has 0 saturated heterocycles. The average Bonchev–Trinajstić information content (AvgIpc) is 2.35. The lowest BCUT2D eigenvalue weighted by molar-refractivity contribution is -0.129. The number of Topliss-reactive ketones (excluding diaryl/α,β-unsaturated/α-hetero) is 1. The van der Waals surface area contributed by atoms with Gasteiger partial charge in [-0.2, -0.15) is 0 Å². The first-order valence-electron chi connectivity index (χ1n) is 5.41. The van der Waals surface area contributed by atoms with Crippen LogP contribution in [0.1, 0.15) is 6.92 Å². The molecule has 0 radical (unpaired) electrons. The Morgan fingerprint density at radius 2 is 2.38 bits per heavy atom. The topological polar surface area (TPSA) is 47.6 Å². The Balaban J connectivity index is 1.99. The number of hydrogen-bond donors (Lipinski definition) is 1. The highest BCUT2D eigenvalue weighted by Crippen LogP contribution is 2.28. The molecule has 0 aromatic heterocycles. The van der Waals surface area contributed by atoms with Crippen molar-refractivity contribution in [2.45, 2.75) is 13.0 Å². The van der Waals surface area contributed by atoms with E-state index in [2.05, 4.69) is 5.32 Å². The number of rotatable bonds is 4.